The highest BCUT2D eigenvalue weighted by Gasteiger charge is 2.45. The molecule has 2 heterocycles. The number of rotatable bonds is 6. The van der Waals surface area contributed by atoms with Gasteiger partial charge in [0.2, 0.25) is 0 Å². The van der Waals surface area contributed by atoms with Crippen LogP contribution >= 0.6 is 0 Å². The second-order valence-corrected chi connectivity index (χ2v) is 6.45. The summed E-state index contributed by atoms with van der Waals surface area (Å²) >= 11 is 0. The number of aliphatic hydroxyl groups is 1. The standard InChI is InChI=1S/C21H22N2O5/c1-13-12-15(4-5-16(13)28-3)19(24)17-18(14-6-8-22-9-7-14)23(10-11-27-2)21(26)20(17)25/h4-9,12,18,24H,10-11H2,1-3H3/t18-/m1/s1. The largest absolute Gasteiger partial charge is 0.507 e. The van der Waals surface area contributed by atoms with Gasteiger partial charge in [0.1, 0.15) is 11.5 Å². The summed E-state index contributed by atoms with van der Waals surface area (Å²) in [6, 6.07) is 7.84. The zero-order valence-electron chi connectivity index (χ0n) is 16.0. The predicted molar refractivity (Wildman–Crippen MR) is 103 cm³/mol. The molecule has 2 aromatic rings. The summed E-state index contributed by atoms with van der Waals surface area (Å²) in [5.74, 6) is -0.928. The third-order valence-corrected chi connectivity index (χ3v) is 4.77. The molecule has 1 atom stereocenters. The van der Waals surface area contributed by atoms with E-state index in [0.29, 0.717) is 16.9 Å². The molecule has 1 N–H and O–H groups in total. The van der Waals surface area contributed by atoms with Crippen LogP contribution in [-0.4, -0.2) is 54.1 Å². The molecule has 1 amide bonds. The lowest BCUT2D eigenvalue weighted by Gasteiger charge is -2.24. The van der Waals surface area contributed by atoms with E-state index in [4.69, 9.17) is 9.47 Å². The molecular formula is C21H22N2O5. The molecule has 0 saturated carbocycles. The van der Waals surface area contributed by atoms with Gasteiger partial charge in [0, 0.05) is 31.6 Å². The number of pyridine rings is 1. The Labute approximate surface area is 163 Å². The van der Waals surface area contributed by atoms with Crippen LogP contribution in [0.2, 0.25) is 0 Å². The molecule has 1 aromatic heterocycles. The van der Waals surface area contributed by atoms with Gasteiger partial charge in [0.15, 0.2) is 0 Å². The van der Waals surface area contributed by atoms with Crippen molar-refractivity contribution >= 4 is 17.4 Å². The van der Waals surface area contributed by atoms with E-state index in [1.54, 1.807) is 49.8 Å². The number of hydrogen-bond acceptors (Lipinski definition) is 6. The van der Waals surface area contributed by atoms with Gasteiger partial charge in [0.05, 0.1) is 25.3 Å². The maximum atomic E-state index is 12.8. The van der Waals surface area contributed by atoms with E-state index < -0.39 is 17.7 Å². The highest BCUT2D eigenvalue weighted by Crippen LogP contribution is 2.39. The summed E-state index contributed by atoms with van der Waals surface area (Å²) in [5.41, 5.74) is 2.00. The molecule has 0 unspecified atom stereocenters. The van der Waals surface area contributed by atoms with E-state index in [2.05, 4.69) is 4.98 Å². The Hall–Kier alpha value is -3.19. The van der Waals surface area contributed by atoms with Gasteiger partial charge in [-0.3, -0.25) is 14.6 Å². The molecule has 1 aromatic carbocycles. The molecule has 1 fully saturated rings. The molecule has 1 saturated heterocycles. The molecule has 0 aliphatic carbocycles. The maximum absolute atomic E-state index is 12.8. The van der Waals surface area contributed by atoms with Crippen molar-refractivity contribution in [3.8, 4) is 5.75 Å². The fourth-order valence-electron chi connectivity index (χ4n) is 3.37. The van der Waals surface area contributed by atoms with E-state index in [0.717, 1.165) is 5.56 Å². The third kappa shape index (κ3) is 3.48. The first-order valence-electron chi connectivity index (χ1n) is 8.81. The van der Waals surface area contributed by atoms with Crippen LogP contribution in [-0.2, 0) is 14.3 Å². The smallest absolute Gasteiger partial charge is 0.295 e. The van der Waals surface area contributed by atoms with Crippen LogP contribution in [0.5, 0.6) is 5.75 Å². The number of aromatic nitrogens is 1. The van der Waals surface area contributed by atoms with Gasteiger partial charge < -0.3 is 19.5 Å². The van der Waals surface area contributed by atoms with Crippen LogP contribution in [0, 0.1) is 6.92 Å². The van der Waals surface area contributed by atoms with Crippen LogP contribution in [0.3, 0.4) is 0 Å². The number of ether oxygens (including phenoxy) is 2. The zero-order valence-corrected chi connectivity index (χ0v) is 16.0. The third-order valence-electron chi connectivity index (χ3n) is 4.77. The van der Waals surface area contributed by atoms with Crippen molar-refractivity contribution in [2.45, 2.75) is 13.0 Å². The second-order valence-electron chi connectivity index (χ2n) is 6.45. The first-order chi connectivity index (χ1) is 13.5. The average Bonchev–Trinajstić information content (AvgIpc) is 2.97. The predicted octanol–water partition coefficient (Wildman–Crippen LogP) is 2.47. The Bertz CT molecular complexity index is 924. The van der Waals surface area contributed by atoms with E-state index >= 15 is 0 Å². The minimum atomic E-state index is -0.719. The monoisotopic (exact) mass is 382 g/mol. The number of aliphatic hydroxyl groups excluding tert-OH is 1. The number of aryl methyl sites for hydroxylation is 1. The van der Waals surface area contributed by atoms with Crippen molar-refractivity contribution < 1.29 is 24.2 Å². The molecular weight excluding hydrogens is 360 g/mol. The summed E-state index contributed by atoms with van der Waals surface area (Å²) in [6.07, 6.45) is 3.17. The Kier molecular flexibility index (Phi) is 5.75. The van der Waals surface area contributed by atoms with E-state index in [-0.39, 0.29) is 24.5 Å². The van der Waals surface area contributed by atoms with Crippen LogP contribution in [0.15, 0.2) is 48.3 Å². The molecule has 0 spiro atoms. The van der Waals surface area contributed by atoms with E-state index in [9.17, 15) is 14.7 Å². The summed E-state index contributed by atoms with van der Waals surface area (Å²) in [5, 5.41) is 11.0. The SMILES string of the molecule is COCCN1C(=O)C(=O)C(=C(O)c2ccc(OC)c(C)c2)[C@H]1c1ccncc1. The highest BCUT2D eigenvalue weighted by atomic mass is 16.5. The Morgan fingerprint density at radius 1 is 1.18 bits per heavy atom. The molecule has 0 radical (unpaired) electrons. The van der Waals surface area contributed by atoms with Gasteiger partial charge >= 0.3 is 0 Å². The topological polar surface area (TPSA) is 89.0 Å². The number of carbonyl (C=O) groups is 2. The highest BCUT2D eigenvalue weighted by molar-refractivity contribution is 6.46. The lowest BCUT2D eigenvalue weighted by atomic mass is 9.95. The molecule has 3 rings (SSSR count). The number of carbonyl (C=O) groups excluding carboxylic acids is 2. The maximum Gasteiger partial charge on any atom is 0.295 e. The van der Waals surface area contributed by atoms with E-state index in [1.807, 2.05) is 6.92 Å². The van der Waals surface area contributed by atoms with Crippen molar-refractivity contribution in [3.63, 3.8) is 0 Å². The fourth-order valence-corrected chi connectivity index (χ4v) is 3.37. The molecule has 1 aliphatic heterocycles. The number of nitrogens with zero attached hydrogens (tertiary/aromatic N) is 2. The quantitative estimate of drug-likeness (QED) is 0.469. The van der Waals surface area contributed by atoms with Crippen LogP contribution in [0.4, 0.5) is 0 Å². The summed E-state index contributed by atoms with van der Waals surface area (Å²) in [7, 11) is 3.09. The minimum Gasteiger partial charge on any atom is -0.507 e. The van der Waals surface area contributed by atoms with Gasteiger partial charge in [-0.1, -0.05) is 0 Å². The van der Waals surface area contributed by atoms with Crippen LogP contribution < -0.4 is 4.74 Å². The van der Waals surface area contributed by atoms with Gasteiger partial charge in [-0.05, 0) is 48.4 Å². The molecule has 7 heteroatoms. The Morgan fingerprint density at radius 2 is 1.89 bits per heavy atom. The number of likely N-dealkylation sites (tertiary alicyclic amines) is 1. The molecule has 7 nitrogen and oxygen atoms in total. The number of amides is 1. The fraction of sp³-hybridized carbons (Fsp3) is 0.286. The molecule has 1 aliphatic rings. The number of hydrogen-bond donors (Lipinski definition) is 1. The number of Topliss-reactive ketones (excluding diaryl/α,β-unsaturated/α-hetero) is 1. The minimum absolute atomic E-state index is 0.0527. The summed E-state index contributed by atoms with van der Waals surface area (Å²) < 4.78 is 10.3. The first kappa shape index (κ1) is 19.6. The molecule has 28 heavy (non-hydrogen) atoms. The summed E-state index contributed by atoms with van der Waals surface area (Å²) in [4.78, 5) is 30.9. The van der Waals surface area contributed by atoms with Crippen LogP contribution in [0.25, 0.3) is 5.76 Å². The van der Waals surface area contributed by atoms with E-state index in [1.165, 1.54) is 12.0 Å². The van der Waals surface area contributed by atoms with Gasteiger partial charge in [-0.15, -0.1) is 0 Å². The first-order valence-corrected chi connectivity index (χ1v) is 8.81. The normalized spacial score (nSPS) is 18.5. The Balaban J connectivity index is 2.15. The van der Waals surface area contributed by atoms with Crippen molar-refractivity contribution in [2.75, 3.05) is 27.4 Å². The lowest BCUT2D eigenvalue weighted by molar-refractivity contribution is -0.140. The van der Waals surface area contributed by atoms with Gasteiger partial charge in [-0.2, -0.15) is 0 Å². The number of methoxy groups -OCH3 is 2. The van der Waals surface area contributed by atoms with Crippen LogP contribution in [0.1, 0.15) is 22.7 Å². The van der Waals surface area contributed by atoms with Crippen molar-refractivity contribution in [1.29, 1.82) is 0 Å². The van der Waals surface area contributed by atoms with Crippen molar-refractivity contribution in [1.82, 2.24) is 9.88 Å². The Morgan fingerprint density at radius 3 is 2.50 bits per heavy atom. The average molecular weight is 382 g/mol. The molecule has 0 bridgehead atoms. The summed E-state index contributed by atoms with van der Waals surface area (Å²) in [6.45, 7) is 2.34. The number of benzene rings is 1. The van der Waals surface area contributed by atoms with Gasteiger partial charge in [0.25, 0.3) is 11.7 Å². The molecule has 146 valence electrons. The zero-order chi connectivity index (χ0) is 20.3. The van der Waals surface area contributed by atoms with Crippen molar-refractivity contribution in [3.05, 3.63) is 65.0 Å². The second kappa shape index (κ2) is 8.22. The van der Waals surface area contributed by atoms with Crippen molar-refractivity contribution in [2.24, 2.45) is 0 Å². The van der Waals surface area contributed by atoms with Gasteiger partial charge in [-0.25, -0.2) is 0 Å². The number of ketones is 1. The lowest BCUT2D eigenvalue weighted by Crippen LogP contribution is -2.32.